The van der Waals surface area contributed by atoms with Crippen LogP contribution in [0, 0.1) is 0 Å². The highest BCUT2D eigenvalue weighted by molar-refractivity contribution is 5.86. The van der Waals surface area contributed by atoms with Crippen molar-refractivity contribution in [3.63, 3.8) is 0 Å². The lowest BCUT2D eigenvalue weighted by Crippen LogP contribution is -2.07. The maximum absolute atomic E-state index is 12.7. The molecule has 0 aliphatic rings. The first-order valence-electron chi connectivity index (χ1n) is 9.05. The van der Waals surface area contributed by atoms with Gasteiger partial charge in [0.25, 0.3) is 0 Å². The van der Waals surface area contributed by atoms with E-state index in [2.05, 4.69) is 5.10 Å². The second kappa shape index (κ2) is 9.96. The van der Waals surface area contributed by atoms with E-state index in [1.54, 1.807) is 23.7 Å². The molecular weight excluding hydrogens is 373 g/mol. The first kappa shape index (κ1) is 21.5. The average molecular weight is 396 g/mol. The van der Waals surface area contributed by atoms with Gasteiger partial charge in [0.15, 0.2) is 0 Å². The van der Waals surface area contributed by atoms with E-state index in [0.717, 1.165) is 25.0 Å². The van der Waals surface area contributed by atoms with E-state index < -0.39 is 17.7 Å². The van der Waals surface area contributed by atoms with Crippen LogP contribution in [0.4, 0.5) is 13.2 Å². The van der Waals surface area contributed by atoms with Crippen molar-refractivity contribution in [3.05, 3.63) is 53.2 Å². The molecule has 0 saturated heterocycles. The number of nitrogens with zero attached hydrogens (tertiary/aromatic N) is 2. The number of halogens is 3. The highest BCUT2D eigenvalue weighted by Gasteiger charge is 2.29. The summed E-state index contributed by atoms with van der Waals surface area (Å²) < 4.78 is 50.2. The van der Waals surface area contributed by atoms with Gasteiger partial charge in [-0.05, 0) is 37.1 Å². The Labute approximate surface area is 161 Å². The van der Waals surface area contributed by atoms with Gasteiger partial charge in [-0.2, -0.15) is 13.2 Å². The molecule has 0 bridgehead atoms. The molecule has 0 unspecified atom stereocenters. The zero-order chi connectivity index (χ0) is 20.6. The smallest absolute Gasteiger partial charge is 0.416 e. The van der Waals surface area contributed by atoms with Crippen LogP contribution in [0.15, 0.2) is 36.4 Å². The predicted octanol–water partition coefficient (Wildman–Crippen LogP) is 4.71. The van der Waals surface area contributed by atoms with E-state index in [1.807, 2.05) is 6.92 Å². The number of carbonyl (C=O) groups is 1. The van der Waals surface area contributed by atoms with E-state index in [1.165, 1.54) is 18.2 Å². The number of alkyl halides is 3. The Hall–Kier alpha value is -2.77. The fourth-order valence-electron chi connectivity index (χ4n) is 2.37. The molecule has 0 radical (unpaired) electrons. The Morgan fingerprint density at radius 3 is 2.54 bits per heavy atom. The van der Waals surface area contributed by atoms with Gasteiger partial charge >= 0.3 is 12.1 Å². The minimum absolute atomic E-state index is 0.234. The molecule has 2 aromatic rings. The maximum atomic E-state index is 12.7. The molecule has 2 rings (SSSR count). The van der Waals surface area contributed by atoms with Crippen molar-refractivity contribution in [2.24, 2.45) is 0 Å². The number of hydrogen-bond donors (Lipinski definition) is 0. The van der Waals surface area contributed by atoms with Gasteiger partial charge in [0, 0.05) is 12.1 Å². The van der Waals surface area contributed by atoms with Gasteiger partial charge < -0.3 is 9.47 Å². The Kier molecular flexibility index (Phi) is 7.66. The Balaban J connectivity index is 2.20. The van der Waals surface area contributed by atoms with Crippen molar-refractivity contribution in [1.82, 2.24) is 9.78 Å². The summed E-state index contributed by atoms with van der Waals surface area (Å²) in [7, 11) is 0. The van der Waals surface area contributed by atoms with Crippen LogP contribution in [0.3, 0.4) is 0 Å². The van der Waals surface area contributed by atoms with Crippen molar-refractivity contribution in [3.8, 4) is 5.88 Å². The predicted molar refractivity (Wildman–Crippen MR) is 98.8 cm³/mol. The monoisotopic (exact) mass is 396 g/mol. The quantitative estimate of drug-likeness (QED) is 0.350. The topological polar surface area (TPSA) is 53.4 Å². The zero-order valence-electron chi connectivity index (χ0n) is 15.8. The second-order valence-electron chi connectivity index (χ2n) is 6.05. The fraction of sp³-hybridized carbons (Fsp3) is 0.400. The Morgan fingerprint density at radius 2 is 1.93 bits per heavy atom. The number of esters is 1. The number of rotatable bonds is 9. The van der Waals surface area contributed by atoms with E-state index in [4.69, 9.17) is 9.47 Å². The zero-order valence-corrected chi connectivity index (χ0v) is 15.8. The Morgan fingerprint density at radius 1 is 1.21 bits per heavy atom. The molecule has 5 nitrogen and oxygen atoms in total. The molecule has 0 aliphatic heterocycles. The van der Waals surface area contributed by atoms with Crippen LogP contribution < -0.4 is 4.74 Å². The summed E-state index contributed by atoms with van der Waals surface area (Å²) in [5.74, 6) is -0.0953. The van der Waals surface area contributed by atoms with Gasteiger partial charge in [-0.3, -0.25) is 4.68 Å². The third-order valence-electron chi connectivity index (χ3n) is 3.83. The number of benzene rings is 1. The highest BCUT2D eigenvalue weighted by atomic mass is 19.4. The lowest BCUT2D eigenvalue weighted by molar-refractivity contribution is -0.138. The minimum Gasteiger partial charge on any atom is -0.477 e. The molecule has 1 heterocycles. The molecule has 0 atom stereocenters. The van der Waals surface area contributed by atoms with Gasteiger partial charge in [0.1, 0.15) is 0 Å². The van der Waals surface area contributed by atoms with Crippen LogP contribution in [-0.4, -0.2) is 29.0 Å². The molecule has 0 fully saturated rings. The molecular formula is C20H23F3N2O3. The van der Waals surface area contributed by atoms with Gasteiger partial charge in [-0.15, -0.1) is 5.10 Å². The molecule has 28 heavy (non-hydrogen) atoms. The molecule has 0 N–H and O–H groups in total. The number of aromatic nitrogens is 2. The summed E-state index contributed by atoms with van der Waals surface area (Å²) in [5, 5.41) is 4.34. The molecule has 0 saturated carbocycles. The molecule has 0 amide bonds. The normalized spacial score (nSPS) is 11.8. The van der Waals surface area contributed by atoms with Crippen molar-refractivity contribution in [2.75, 3.05) is 13.2 Å². The van der Waals surface area contributed by atoms with Gasteiger partial charge in [0.05, 0.1) is 31.0 Å². The fourth-order valence-corrected chi connectivity index (χ4v) is 2.37. The van der Waals surface area contributed by atoms with Crippen LogP contribution in [0.1, 0.15) is 43.5 Å². The van der Waals surface area contributed by atoms with Gasteiger partial charge in [0.2, 0.25) is 5.88 Å². The van der Waals surface area contributed by atoms with Gasteiger partial charge in [-0.1, -0.05) is 25.5 Å². The summed E-state index contributed by atoms with van der Waals surface area (Å²) in [5.41, 5.74) is 0.518. The van der Waals surface area contributed by atoms with Crippen molar-refractivity contribution >= 4 is 12.0 Å². The van der Waals surface area contributed by atoms with E-state index in [0.29, 0.717) is 23.7 Å². The first-order chi connectivity index (χ1) is 13.3. The number of carbonyl (C=O) groups excluding carboxylic acids is 1. The molecule has 152 valence electrons. The summed E-state index contributed by atoms with van der Waals surface area (Å²) >= 11 is 0. The van der Waals surface area contributed by atoms with Crippen LogP contribution in [0.25, 0.3) is 6.08 Å². The Bertz CT molecular complexity index is 796. The second-order valence-corrected chi connectivity index (χ2v) is 6.05. The minimum atomic E-state index is -4.38. The molecule has 0 spiro atoms. The number of ether oxygens (including phenoxy) is 2. The van der Waals surface area contributed by atoms with Crippen molar-refractivity contribution in [1.29, 1.82) is 0 Å². The van der Waals surface area contributed by atoms with Crippen molar-refractivity contribution < 1.29 is 27.4 Å². The number of hydrogen-bond acceptors (Lipinski definition) is 4. The molecule has 0 aliphatic carbocycles. The van der Waals surface area contributed by atoms with Crippen LogP contribution >= 0.6 is 0 Å². The summed E-state index contributed by atoms with van der Waals surface area (Å²) in [6.07, 6.45) is 0.293. The third-order valence-corrected chi connectivity index (χ3v) is 3.83. The van der Waals surface area contributed by atoms with Gasteiger partial charge in [-0.25, -0.2) is 4.79 Å². The highest BCUT2D eigenvalue weighted by Crippen LogP contribution is 2.29. The lowest BCUT2D eigenvalue weighted by atomic mass is 10.1. The standard InChI is InChI=1S/C20H23F3N2O3/c1-3-5-12-28-18-13-17(10-11-19(26)27-4-2)25(24-18)14-15-6-8-16(9-7-15)20(21,22)23/h6-11,13H,3-5,12,14H2,1-2H3. The lowest BCUT2D eigenvalue weighted by Gasteiger charge is -2.08. The van der Waals surface area contributed by atoms with Crippen LogP contribution in [0.2, 0.25) is 0 Å². The van der Waals surface area contributed by atoms with Crippen molar-refractivity contribution in [2.45, 2.75) is 39.4 Å². The van der Waals surface area contributed by atoms with E-state index in [9.17, 15) is 18.0 Å². The summed E-state index contributed by atoms with van der Waals surface area (Å²) in [4.78, 5) is 11.6. The first-order valence-corrected chi connectivity index (χ1v) is 9.05. The van der Waals surface area contributed by atoms with Crippen LogP contribution in [-0.2, 0) is 22.3 Å². The number of unbranched alkanes of at least 4 members (excludes halogenated alkanes) is 1. The molecule has 1 aromatic carbocycles. The molecule has 1 aromatic heterocycles. The average Bonchev–Trinajstić information content (AvgIpc) is 3.02. The SMILES string of the molecule is CCCCOc1cc(C=CC(=O)OCC)n(Cc2ccc(C(F)(F)F)cc2)n1. The molecule has 8 heteroatoms. The van der Waals surface area contributed by atoms with E-state index in [-0.39, 0.29) is 13.2 Å². The maximum Gasteiger partial charge on any atom is 0.416 e. The third kappa shape index (κ3) is 6.44. The summed E-state index contributed by atoms with van der Waals surface area (Å²) in [6.45, 7) is 4.76. The van der Waals surface area contributed by atoms with Crippen LogP contribution in [0.5, 0.6) is 5.88 Å². The summed E-state index contributed by atoms with van der Waals surface area (Å²) in [6, 6.07) is 6.55. The largest absolute Gasteiger partial charge is 0.477 e. The van der Waals surface area contributed by atoms with E-state index >= 15 is 0 Å².